The van der Waals surface area contributed by atoms with Crippen LogP contribution in [0.3, 0.4) is 0 Å². The molecule has 1 aliphatic rings. The number of carbonyl (C=O) groups excluding carboxylic acids is 1. The average Bonchev–Trinajstić information content (AvgIpc) is 2.52. The molecule has 0 bridgehead atoms. The molecule has 0 aliphatic carbocycles. The van der Waals surface area contributed by atoms with Crippen LogP contribution >= 0.6 is 23.2 Å². The van der Waals surface area contributed by atoms with E-state index in [4.69, 9.17) is 43.1 Å². The summed E-state index contributed by atoms with van der Waals surface area (Å²) in [6.07, 6.45) is 1.95. The van der Waals surface area contributed by atoms with E-state index < -0.39 is 12.0 Å². The Bertz CT molecular complexity index is 504. The van der Waals surface area contributed by atoms with E-state index in [1.54, 1.807) is 12.1 Å². The fraction of sp³-hybridized carbons (Fsp3) is 0.600. The van der Waals surface area contributed by atoms with E-state index >= 15 is 0 Å². The maximum Gasteiger partial charge on any atom is 0.325 e. The first kappa shape index (κ1) is 18.4. The largest absolute Gasteiger partial charge is 0.460 e. The highest BCUT2D eigenvalue weighted by Gasteiger charge is 2.18. The van der Waals surface area contributed by atoms with E-state index in [1.165, 1.54) is 0 Å². The quantitative estimate of drug-likeness (QED) is 0.591. The van der Waals surface area contributed by atoms with Crippen molar-refractivity contribution in [2.24, 2.45) is 11.7 Å². The van der Waals surface area contributed by atoms with Gasteiger partial charge in [0.15, 0.2) is 0 Å². The summed E-state index contributed by atoms with van der Waals surface area (Å²) in [4.78, 5) is 15.7. The van der Waals surface area contributed by atoms with E-state index in [0.29, 0.717) is 18.1 Å². The number of nitrogens with zero attached hydrogens (tertiary/aromatic N) is 1. The molecule has 1 aliphatic heterocycles. The summed E-state index contributed by atoms with van der Waals surface area (Å²) < 4.78 is 15.9. The second-order valence-corrected chi connectivity index (χ2v) is 6.20. The van der Waals surface area contributed by atoms with E-state index in [2.05, 4.69) is 4.98 Å². The molecular weight excluding hydrogens is 343 g/mol. The maximum absolute atomic E-state index is 11.8. The van der Waals surface area contributed by atoms with Gasteiger partial charge in [0.2, 0.25) is 0 Å². The van der Waals surface area contributed by atoms with Gasteiger partial charge < -0.3 is 19.9 Å². The number of halogens is 2. The molecule has 1 saturated heterocycles. The number of carbonyl (C=O) groups is 1. The van der Waals surface area contributed by atoms with Gasteiger partial charge in [0, 0.05) is 19.8 Å². The molecule has 8 heteroatoms. The molecule has 6 nitrogen and oxygen atoms in total. The van der Waals surface area contributed by atoms with Crippen molar-refractivity contribution < 1.29 is 19.0 Å². The third-order valence-electron chi connectivity index (χ3n) is 3.50. The first-order valence-corrected chi connectivity index (χ1v) is 8.20. The van der Waals surface area contributed by atoms with Gasteiger partial charge in [-0.1, -0.05) is 23.2 Å². The van der Waals surface area contributed by atoms with Crippen molar-refractivity contribution in [3.63, 3.8) is 0 Å². The van der Waals surface area contributed by atoms with Crippen molar-refractivity contribution in [1.29, 1.82) is 0 Å². The Morgan fingerprint density at radius 2 is 2.00 bits per heavy atom. The zero-order chi connectivity index (χ0) is 16.7. The number of esters is 1. The van der Waals surface area contributed by atoms with E-state index in [-0.39, 0.29) is 23.5 Å². The molecule has 1 fully saturated rings. The van der Waals surface area contributed by atoms with Crippen LogP contribution in [0, 0.1) is 5.92 Å². The van der Waals surface area contributed by atoms with E-state index in [9.17, 15) is 4.79 Å². The van der Waals surface area contributed by atoms with Gasteiger partial charge in [-0.3, -0.25) is 4.79 Å². The van der Waals surface area contributed by atoms with Crippen LogP contribution < -0.4 is 5.73 Å². The molecule has 1 aromatic rings. The normalized spacial score (nSPS) is 17.0. The van der Waals surface area contributed by atoms with Crippen molar-refractivity contribution in [2.45, 2.75) is 25.5 Å². The minimum absolute atomic E-state index is 0.0362. The van der Waals surface area contributed by atoms with Gasteiger partial charge >= 0.3 is 5.97 Å². The molecule has 23 heavy (non-hydrogen) atoms. The van der Waals surface area contributed by atoms with E-state index in [1.807, 2.05) is 0 Å². The zero-order valence-electron chi connectivity index (χ0n) is 12.7. The summed E-state index contributed by atoms with van der Waals surface area (Å²) in [6, 6.07) is 2.34. The van der Waals surface area contributed by atoms with Crippen LogP contribution in [0.2, 0.25) is 10.3 Å². The summed E-state index contributed by atoms with van der Waals surface area (Å²) in [5.41, 5.74) is 6.42. The number of aromatic nitrogens is 1. The van der Waals surface area contributed by atoms with Crippen LogP contribution in [0.15, 0.2) is 12.1 Å². The standard InChI is InChI=1S/C15H20Cl2N2O4/c16-13-5-11(6-14(17)19-13)8-23-15(20)12(18)9-22-7-10-1-3-21-4-2-10/h5-6,10,12H,1-4,7-9,18H2/t12-/m0/s1. The molecule has 0 unspecified atom stereocenters. The zero-order valence-corrected chi connectivity index (χ0v) is 14.2. The summed E-state index contributed by atoms with van der Waals surface area (Å²) in [5, 5.41) is 0.486. The molecule has 0 saturated carbocycles. The van der Waals surface area contributed by atoms with Gasteiger partial charge in [0.25, 0.3) is 0 Å². The molecular formula is C15H20Cl2N2O4. The van der Waals surface area contributed by atoms with Crippen molar-refractivity contribution >= 4 is 29.2 Å². The fourth-order valence-electron chi connectivity index (χ4n) is 2.20. The summed E-state index contributed by atoms with van der Waals surface area (Å²) in [5.74, 6) is -0.0610. The molecule has 1 atom stereocenters. The number of hydrogen-bond acceptors (Lipinski definition) is 6. The van der Waals surface area contributed by atoms with Crippen LogP contribution in [0.4, 0.5) is 0 Å². The Kier molecular flexibility index (Phi) is 7.52. The Hall–Kier alpha value is -0.920. The van der Waals surface area contributed by atoms with Gasteiger partial charge in [0.05, 0.1) is 6.61 Å². The molecule has 0 amide bonds. The van der Waals surface area contributed by atoms with Crippen LogP contribution in [-0.2, 0) is 25.6 Å². The molecule has 0 aromatic carbocycles. The predicted octanol–water partition coefficient (Wildman–Crippen LogP) is 2.20. The highest BCUT2D eigenvalue weighted by molar-refractivity contribution is 6.32. The molecule has 128 valence electrons. The average molecular weight is 363 g/mol. The topological polar surface area (TPSA) is 83.7 Å². The lowest BCUT2D eigenvalue weighted by atomic mass is 10.0. The summed E-state index contributed by atoms with van der Waals surface area (Å²) in [6.45, 7) is 2.28. The first-order chi connectivity index (χ1) is 11.0. The van der Waals surface area contributed by atoms with Crippen molar-refractivity contribution in [2.75, 3.05) is 26.4 Å². The molecule has 2 N–H and O–H groups in total. The van der Waals surface area contributed by atoms with Crippen LogP contribution in [0.1, 0.15) is 18.4 Å². The van der Waals surface area contributed by atoms with Crippen molar-refractivity contribution in [1.82, 2.24) is 4.98 Å². The highest BCUT2D eigenvalue weighted by Crippen LogP contribution is 2.16. The van der Waals surface area contributed by atoms with Crippen molar-refractivity contribution in [3.8, 4) is 0 Å². The number of hydrogen-bond donors (Lipinski definition) is 1. The Labute approximate surface area is 145 Å². The number of nitrogens with two attached hydrogens (primary N) is 1. The lowest BCUT2D eigenvalue weighted by Gasteiger charge is -2.22. The monoisotopic (exact) mass is 362 g/mol. The SMILES string of the molecule is N[C@@H](COCC1CCOCC1)C(=O)OCc1cc(Cl)nc(Cl)c1. The summed E-state index contributed by atoms with van der Waals surface area (Å²) in [7, 11) is 0. The van der Waals surface area contributed by atoms with Gasteiger partial charge in [0.1, 0.15) is 23.0 Å². The maximum atomic E-state index is 11.8. The minimum atomic E-state index is -0.817. The minimum Gasteiger partial charge on any atom is -0.460 e. The third-order valence-corrected chi connectivity index (χ3v) is 3.89. The number of ether oxygens (including phenoxy) is 3. The van der Waals surface area contributed by atoms with E-state index in [0.717, 1.165) is 26.1 Å². The Morgan fingerprint density at radius 3 is 2.65 bits per heavy atom. The van der Waals surface area contributed by atoms with Crippen LogP contribution in [0.5, 0.6) is 0 Å². The molecule has 0 spiro atoms. The molecule has 2 heterocycles. The fourth-order valence-corrected chi connectivity index (χ4v) is 2.71. The molecule has 1 aromatic heterocycles. The van der Waals surface area contributed by atoms with Gasteiger partial charge in [-0.05, 0) is 36.5 Å². The molecule has 2 rings (SSSR count). The Balaban J connectivity index is 1.67. The number of pyridine rings is 1. The second kappa shape index (κ2) is 9.39. The third kappa shape index (κ3) is 6.61. The van der Waals surface area contributed by atoms with Crippen LogP contribution in [0.25, 0.3) is 0 Å². The van der Waals surface area contributed by atoms with Crippen LogP contribution in [-0.4, -0.2) is 43.4 Å². The first-order valence-electron chi connectivity index (χ1n) is 7.44. The predicted molar refractivity (Wildman–Crippen MR) is 86.4 cm³/mol. The Morgan fingerprint density at radius 1 is 1.35 bits per heavy atom. The lowest BCUT2D eigenvalue weighted by Crippen LogP contribution is -2.37. The lowest BCUT2D eigenvalue weighted by molar-refractivity contribution is -0.148. The van der Waals surface area contributed by atoms with Crippen molar-refractivity contribution in [3.05, 3.63) is 28.0 Å². The number of rotatable bonds is 7. The van der Waals surface area contributed by atoms with Gasteiger partial charge in [-0.25, -0.2) is 4.98 Å². The smallest absolute Gasteiger partial charge is 0.325 e. The summed E-state index contributed by atoms with van der Waals surface area (Å²) >= 11 is 11.6. The second-order valence-electron chi connectivity index (χ2n) is 5.43. The van der Waals surface area contributed by atoms with Gasteiger partial charge in [-0.15, -0.1) is 0 Å². The highest BCUT2D eigenvalue weighted by atomic mass is 35.5. The van der Waals surface area contributed by atoms with Gasteiger partial charge in [-0.2, -0.15) is 0 Å². The molecule has 0 radical (unpaired) electrons.